The molecule has 0 fully saturated rings. The molecule has 19 heavy (non-hydrogen) atoms. The van der Waals surface area contributed by atoms with Gasteiger partial charge in [0.15, 0.2) is 0 Å². The van der Waals surface area contributed by atoms with Gasteiger partial charge in [0.2, 0.25) is 5.91 Å². The summed E-state index contributed by atoms with van der Waals surface area (Å²) in [6, 6.07) is 0. The molecule has 0 saturated heterocycles. The maximum Gasteiger partial charge on any atom is 0.230 e. The largest absolute Gasteiger partial charge is 0.393 e. The minimum absolute atomic E-state index is 0.0970. The predicted molar refractivity (Wildman–Crippen MR) is 79.6 cm³/mol. The van der Waals surface area contributed by atoms with Crippen LogP contribution >= 0.6 is 12.2 Å². The predicted octanol–water partition coefficient (Wildman–Crippen LogP) is 1.30. The molecule has 3 N–H and O–H groups in total. The summed E-state index contributed by atoms with van der Waals surface area (Å²) in [6.45, 7) is 4.52. The van der Waals surface area contributed by atoms with E-state index in [2.05, 4.69) is 10.4 Å². The van der Waals surface area contributed by atoms with Crippen LogP contribution in [0.5, 0.6) is 0 Å². The van der Waals surface area contributed by atoms with Crippen molar-refractivity contribution in [1.82, 2.24) is 15.1 Å². The molecule has 0 radical (unpaired) electrons. The summed E-state index contributed by atoms with van der Waals surface area (Å²) in [5.74, 6) is -0.470. The average molecular weight is 282 g/mol. The highest BCUT2D eigenvalue weighted by Crippen LogP contribution is 2.10. The van der Waals surface area contributed by atoms with Crippen molar-refractivity contribution in [2.24, 2.45) is 18.7 Å². The van der Waals surface area contributed by atoms with Gasteiger partial charge in [0, 0.05) is 25.4 Å². The molecule has 1 aromatic heterocycles. The van der Waals surface area contributed by atoms with Crippen molar-refractivity contribution < 1.29 is 4.79 Å². The molecule has 0 aliphatic carbocycles. The number of nitrogens with one attached hydrogen (secondary N) is 1. The van der Waals surface area contributed by atoms with Crippen molar-refractivity contribution in [3.8, 4) is 0 Å². The second-order valence-electron chi connectivity index (χ2n) is 4.59. The standard InChI is InChI=1S/C13H22N4OS/c1-4-6-10(12(14)19)13(18)15-7-9-8-17(3)16-11(9)5-2/h8,10H,4-7H2,1-3H3,(H2,14,19)(H,15,18). The fourth-order valence-electron chi connectivity index (χ4n) is 2.03. The smallest absolute Gasteiger partial charge is 0.230 e. The van der Waals surface area contributed by atoms with Crippen LogP contribution in [0.2, 0.25) is 0 Å². The number of nitrogens with two attached hydrogens (primary N) is 1. The summed E-state index contributed by atoms with van der Waals surface area (Å²) < 4.78 is 1.76. The fraction of sp³-hybridized carbons (Fsp3) is 0.615. The summed E-state index contributed by atoms with van der Waals surface area (Å²) >= 11 is 4.94. The molecule has 1 heterocycles. The summed E-state index contributed by atoms with van der Waals surface area (Å²) in [4.78, 5) is 12.3. The Morgan fingerprint density at radius 2 is 2.26 bits per heavy atom. The highest BCUT2D eigenvalue weighted by Gasteiger charge is 2.20. The van der Waals surface area contributed by atoms with E-state index in [9.17, 15) is 4.79 Å². The zero-order valence-electron chi connectivity index (χ0n) is 11.8. The fourth-order valence-corrected chi connectivity index (χ4v) is 2.25. The number of aromatic nitrogens is 2. The van der Waals surface area contributed by atoms with Crippen molar-refractivity contribution in [3.05, 3.63) is 17.5 Å². The van der Waals surface area contributed by atoms with Gasteiger partial charge in [-0.25, -0.2) is 0 Å². The number of aryl methyl sites for hydroxylation is 2. The third-order valence-electron chi connectivity index (χ3n) is 3.02. The van der Waals surface area contributed by atoms with Gasteiger partial charge in [0.1, 0.15) is 0 Å². The van der Waals surface area contributed by atoms with E-state index in [0.717, 1.165) is 24.1 Å². The van der Waals surface area contributed by atoms with Crippen LogP contribution < -0.4 is 11.1 Å². The van der Waals surface area contributed by atoms with E-state index in [1.54, 1.807) is 4.68 Å². The molecule has 0 aliphatic heterocycles. The summed E-state index contributed by atoms with van der Waals surface area (Å²) in [6.07, 6.45) is 4.34. The lowest BCUT2D eigenvalue weighted by Crippen LogP contribution is -2.37. The third-order valence-corrected chi connectivity index (χ3v) is 3.30. The van der Waals surface area contributed by atoms with Crippen LogP contribution in [0.1, 0.15) is 37.9 Å². The Morgan fingerprint density at radius 1 is 1.58 bits per heavy atom. The molecule has 1 rings (SSSR count). The van der Waals surface area contributed by atoms with E-state index >= 15 is 0 Å². The van der Waals surface area contributed by atoms with Gasteiger partial charge in [-0.3, -0.25) is 9.48 Å². The van der Waals surface area contributed by atoms with Gasteiger partial charge < -0.3 is 11.1 Å². The van der Waals surface area contributed by atoms with Crippen LogP contribution in [-0.4, -0.2) is 20.7 Å². The number of thiocarbonyl (C=S) groups is 1. The molecular formula is C13H22N4OS. The number of amides is 1. The molecule has 6 heteroatoms. The third kappa shape index (κ3) is 4.31. The molecule has 0 saturated carbocycles. The van der Waals surface area contributed by atoms with Crippen molar-refractivity contribution in [3.63, 3.8) is 0 Å². The zero-order chi connectivity index (χ0) is 14.4. The number of carbonyl (C=O) groups excluding carboxylic acids is 1. The first-order chi connectivity index (χ1) is 8.99. The minimum atomic E-state index is -0.373. The zero-order valence-corrected chi connectivity index (χ0v) is 12.6. The topological polar surface area (TPSA) is 72.9 Å². The number of hydrogen-bond acceptors (Lipinski definition) is 3. The van der Waals surface area contributed by atoms with Gasteiger partial charge in [0.05, 0.1) is 16.6 Å². The van der Waals surface area contributed by atoms with E-state index in [0.29, 0.717) is 13.0 Å². The van der Waals surface area contributed by atoms with Crippen molar-refractivity contribution >= 4 is 23.1 Å². The molecule has 1 unspecified atom stereocenters. The molecule has 106 valence electrons. The number of nitrogens with zero attached hydrogens (tertiary/aromatic N) is 2. The van der Waals surface area contributed by atoms with Crippen molar-refractivity contribution in [2.75, 3.05) is 0 Å². The molecule has 1 amide bonds. The van der Waals surface area contributed by atoms with Gasteiger partial charge in [-0.1, -0.05) is 32.5 Å². The van der Waals surface area contributed by atoms with Gasteiger partial charge in [-0.15, -0.1) is 0 Å². The van der Waals surface area contributed by atoms with Crippen LogP contribution in [-0.2, 0) is 24.8 Å². The molecular weight excluding hydrogens is 260 g/mol. The molecule has 5 nitrogen and oxygen atoms in total. The molecule has 0 aromatic carbocycles. The average Bonchev–Trinajstić information content (AvgIpc) is 2.73. The lowest BCUT2D eigenvalue weighted by atomic mass is 10.0. The maximum atomic E-state index is 12.0. The molecule has 0 spiro atoms. The van der Waals surface area contributed by atoms with Gasteiger partial charge in [0.25, 0.3) is 0 Å². The normalized spacial score (nSPS) is 12.2. The Labute approximate surface area is 119 Å². The first-order valence-corrected chi connectivity index (χ1v) is 6.98. The molecule has 0 bridgehead atoms. The van der Waals surface area contributed by atoms with Crippen LogP contribution in [0.3, 0.4) is 0 Å². The summed E-state index contributed by atoms with van der Waals surface area (Å²) in [7, 11) is 1.87. The van der Waals surface area contributed by atoms with Crippen LogP contribution in [0.25, 0.3) is 0 Å². The van der Waals surface area contributed by atoms with Crippen LogP contribution in [0.15, 0.2) is 6.20 Å². The molecule has 1 atom stereocenters. The second-order valence-corrected chi connectivity index (χ2v) is 5.06. The first-order valence-electron chi connectivity index (χ1n) is 6.58. The highest BCUT2D eigenvalue weighted by molar-refractivity contribution is 7.80. The Kier molecular flexibility index (Phi) is 5.95. The minimum Gasteiger partial charge on any atom is -0.393 e. The van der Waals surface area contributed by atoms with E-state index < -0.39 is 0 Å². The Hall–Kier alpha value is -1.43. The quantitative estimate of drug-likeness (QED) is 0.739. The van der Waals surface area contributed by atoms with Gasteiger partial charge >= 0.3 is 0 Å². The number of rotatable bonds is 7. The van der Waals surface area contributed by atoms with Crippen LogP contribution in [0, 0.1) is 5.92 Å². The van der Waals surface area contributed by atoms with Crippen LogP contribution in [0.4, 0.5) is 0 Å². The Bertz CT molecular complexity index is 455. The lowest BCUT2D eigenvalue weighted by Gasteiger charge is -2.14. The first kappa shape index (κ1) is 15.6. The Balaban J connectivity index is 2.64. The van der Waals surface area contributed by atoms with E-state index in [1.165, 1.54) is 0 Å². The second kappa shape index (κ2) is 7.23. The highest BCUT2D eigenvalue weighted by atomic mass is 32.1. The maximum absolute atomic E-state index is 12.0. The molecule has 0 aliphatic rings. The van der Waals surface area contributed by atoms with E-state index in [-0.39, 0.29) is 16.8 Å². The number of carbonyl (C=O) groups is 1. The van der Waals surface area contributed by atoms with Crippen molar-refractivity contribution in [2.45, 2.75) is 39.7 Å². The monoisotopic (exact) mass is 282 g/mol. The lowest BCUT2D eigenvalue weighted by molar-refractivity contribution is -0.123. The SMILES string of the molecule is CCCC(C(=O)NCc1cn(C)nc1CC)C(N)=S. The Morgan fingerprint density at radius 3 is 2.79 bits per heavy atom. The van der Waals surface area contributed by atoms with Gasteiger partial charge in [-0.2, -0.15) is 5.10 Å². The summed E-state index contributed by atoms with van der Waals surface area (Å²) in [5.41, 5.74) is 7.65. The van der Waals surface area contributed by atoms with Gasteiger partial charge in [-0.05, 0) is 12.8 Å². The van der Waals surface area contributed by atoms with E-state index in [4.69, 9.17) is 18.0 Å². The van der Waals surface area contributed by atoms with E-state index in [1.807, 2.05) is 27.1 Å². The molecule has 1 aromatic rings. The summed E-state index contributed by atoms with van der Waals surface area (Å²) in [5, 5.41) is 7.23. The number of hydrogen-bond donors (Lipinski definition) is 2. The van der Waals surface area contributed by atoms with Crippen molar-refractivity contribution in [1.29, 1.82) is 0 Å².